The van der Waals surface area contributed by atoms with E-state index in [1.54, 1.807) is 36.2 Å². The Kier molecular flexibility index (Phi) is 7.45. The fourth-order valence-electron chi connectivity index (χ4n) is 4.43. The van der Waals surface area contributed by atoms with E-state index >= 15 is 0 Å². The SMILES string of the molecule is COC(=O)Cc1ccc2c(c1)C(SCCNS(=O)(=O)c1cccc3cccnc13)c1ccccc1CO2. The number of nitrogens with one attached hydrogen (secondary N) is 1. The number of esters is 1. The Labute approximate surface area is 220 Å². The van der Waals surface area contributed by atoms with Gasteiger partial charge in [0.15, 0.2) is 0 Å². The summed E-state index contributed by atoms with van der Waals surface area (Å²) in [5.74, 6) is 0.970. The molecule has 0 radical (unpaired) electrons. The maximum absolute atomic E-state index is 13.1. The predicted octanol–water partition coefficient (Wildman–Crippen LogP) is 4.64. The number of hydrogen-bond acceptors (Lipinski definition) is 7. The second kappa shape index (κ2) is 10.9. The van der Waals surface area contributed by atoms with Crippen LogP contribution in [0.5, 0.6) is 5.75 Å². The van der Waals surface area contributed by atoms with E-state index in [2.05, 4.69) is 15.8 Å². The zero-order chi connectivity index (χ0) is 25.8. The molecule has 7 nitrogen and oxygen atoms in total. The lowest BCUT2D eigenvalue weighted by molar-refractivity contribution is -0.139. The summed E-state index contributed by atoms with van der Waals surface area (Å²) in [6.07, 6.45) is 1.76. The summed E-state index contributed by atoms with van der Waals surface area (Å²) >= 11 is 1.63. The molecule has 4 aromatic rings. The van der Waals surface area contributed by atoms with Gasteiger partial charge in [0.25, 0.3) is 0 Å². The Bertz CT molecular complexity index is 1550. The van der Waals surface area contributed by atoms with Gasteiger partial charge in [0, 0.05) is 29.4 Å². The number of fused-ring (bicyclic) bond motifs is 3. The summed E-state index contributed by atoms with van der Waals surface area (Å²) in [7, 11) is -2.37. The minimum absolute atomic E-state index is 0.0879. The Morgan fingerprint density at radius 3 is 2.78 bits per heavy atom. The van der Waals surface area contributed by atoms with Crippen LogP contribution in [0.1, 0.15) is 27.5 Å². The quantitative estimate of drug-likeness (QED) is 0.260. The van der Waals surface area contributed by atoms with Gasteiger partial charge in [0.05, 0.1) is 24.3 Å². The second-order valence-electron chi connectivity index (χ2n) is 8.59. The first kappa shape index (κ1) is 25.3. The van der Waals surface area contributed by atoms with Crippen LogP contribution >= 0.6 is 11.8 Å². The highest BCUT2D eigenvalue weighted by atomic mass is 32.2. The van der Waals surface area contributed by atoms with Crippen molar-refractivity contribution in [2.24, 2.45) is 0 Å². The monoisotopic (exact) mass is 534 g/mol. The highest BCUT2D eigenvalue weighted by molar-refractivity contribution is 7.99. The highest BCUT2D eigenvalue weighted by Crippen LogP contribution is 2.44. The molecular formula is C28H26N2O5S2. The van der Waals surface area contributed by atoms with Crippen LogP contribution in [-0.4, -0.2) is 38.8 Å². The van der Waals surface area contributed by atoms with Crippen LogP contribution in [0.2, 0.25) is 0 Å². The normalized spacial score (nSPS) is 14.8. The molecule has 190 valence electrons. The van der Waals surface area contributed by atoms with Crippen molar-refractivity contribution in [3.63, 3.8) is 0 Å². The molecule has 0 aliphatic carbocycles. The van der Waals surface area contributed by atoms with Crippen LogP contribution in [0.3, 0.4) is 0 Å². The minimum atomic E-state index is -3.74. The number of sulfonamides is 1. The summed E-state index contributed by atoms with van der Waals surface area (Å²) in [6.45, 7) is 0.685. The number of pyridine rings is 1. The van der Waals surface area contributed by atoms with Crippen molar-refractivity contribution in [3.05, 3.63) is 101 Å². The number of nitrogens with zero attached hydrogens (tertiary/aromatic N) is 1. The molecule has 3 aromatic carbocycles. The fraction of sp³-hybridized carbons (Fsp3) is 0.214. The van der Waals surface area contributed by atoms with Gasteiger partial charge in [-0.05, 0) is 34.9 Å². The average molecular weight is 535 g/mol. The van der Waals surface area contributed by atoms with Crippen molar-refractivity contribution < 1.29 is 22.7 Å². The van der Waals surface area contributed by atoms with Gasteiger partial charge in [-0.1, -0.05) is 54.6 Å². The predicted molar refractivity (Wildman–Crippen MR) is 144 cm³/mol. The van der Waals surface area contributed by atoms with Gasteiger partial charge in [0.2, 0.25) is 10.0 Å². The second-order valence-corrected chi connectivity index (χ2v) is 11.5. The number of carbonyl (C=O) groups is 1. The molecule has 0 fully saturated rings. The summed E-state index contributed by atoms with van der Waals surface area (Å²) < 4.78 is 39.9. The van der Waals surface area contributed by atoms with Crippen molar-refractivity contribution in [2.45, 2.75) is 23.2 Å². The Morgan fingerprint density at radius 2 is 1.92 bits per heavy atom. The van der Waals surface area contributed by atoms with Crippen LogP contribution < -0.4 is 9.46 Å². The van der Waals surface area contributed by atoms with Gasteiger partial charge in [-0.2, -0.15) is 0 Å². The van der Waals surface area contributed by atoms with Crippen molar-refractivity contribution in [1.82, 2.24) is 9.71 Å². The molecule has 1 unspecified atom stereocenters. The first-order valence-corrected chi connectivity index (χ1v) is 14.3. The Hall–Kier alpha value is -3.40. The maximum Gasteiger partial charge on any atom is 0.309 e. The molecule has 0 saturated heterocycles. The number of para-hydroxylation sites is 1. The topological polar surface area (TPSA) is 94.6 Å². The van der Waals surface area contributed by atoms with Crippen LogP contribution in [0.4, 0.5) is 0 Å². The Balaban J connectivity index is 1.37. The Morgan fingerprint density at radius 1 is 1.08 bits per heavy atom. The molecule has 37 heavy (non-hydrogen) atoms. The molecule has 1 aromatic heterocycles. The molecular weight excluding hydrogens is 508 g/mol. The first-order valence-electron chi connectivity index (χ1n) is 11.8. The molecule has 0 spiro atoms. The maximum atomic E-state index is 13.1. The van der Waals surface area contributed by atoms with E-state index < -0.39 is 10.0 Å². The van der Waals surface area contributed by atoms with Gasteiger partial charge < -0.3 is 9.47 Å². The first-order chi connectivity index (χ1) is 18.0. The molecule has 0 amide bonds. The van der Waals surface area contributed by atoms with Crippen molar-refractivity contribution >= 4 is 38.7 Å². The summed E-state index contributed by atoms with van der Waals surface area (Å²) in [5.41, 5.74) is 4.43. The van der Waals surface area contributed by atoms with Gasteiger partial charge in [-0.15, -0.1) is 11.8 Å². The lowest BCUT2D eigenvalue weighted by Crippen LogP contribution is -2.26. The van der Waals surface area contributed by atoms with Crippen molar-refractivity contribution in [2.75, 3.05) is 19.4 Å². The number of benzene rings is 3. The molecule has 0 saturated carbocycles. The lowest BCUT2D eigenvalue weighted by atomic mass is 9.98. The van der Waals surface area contributed by atoms with Gasteiger partial charge >= 0.3 is 5.97 Å². The van der Waals surface area contributed by atoms with E-state index in [9.17, 15) is 13.2 Å². The number of carbonyl (C=O) groups excluding carboxylic acids is 1. The standard InChI is InChI=1S/C28H26N2O5S2/c1-34-26(31)17-19-11-12-24-23(16-19)28(22-9-3-2-6-21(22)18-35-24)36-15-14-30-37(32,33)25-10-4-7-20-8-5-13-29-27(20)25/h2-13,16,28,30H,14-15,17-18H2,1H3. The van der Waals surface area contributed by atoms with E-state index in [1.807, 2.05) is 48.5 Å². The number of aromatic nitrogens is 1. The number of hydrogen-bond donors (Lipinski definition) is 1. The molecule has 1 atom stereocenters. The number of rotatable bonds is 8. The van der Waals surface area contributed by atoms with E-state index in [-0.39, 0.29) is 29.1 Å². The van der Waals surface area contributed by atoms with E-state index in [0.717, 1.165) is 33.4 Å². The third-order valence-electron chi connectivity index (χ3n) is 6.22. The third-order valence-corrected chi connectivity index (χ3v) is 8.99. The lowest BCUT2D eigenvalue weighted by Gasteiger charge is -2.20. The van der Waals surface area contributed by atoms with E-state index in [1.165, 1.54) is 7.11 Å². The van der Waals surface area contributed by atoms with Crippen molar-refractivity contribution in [1.29, 1.82) is 0 Å². The number of ether oxygens (including phenoxy) is 2. The van der Waals surface area contributed by atoms with Crippen LogP contribution in [-0.2, 0) is 32.6 Å². The number of methoxy groups -OCH3 is 1. The van der Waals surface area contributed by atoms with Gasteiger partial charge in [-0.25, -0.2) is 13.1 Å². The fourth-order valence-corrected chi connectivity index (χ4v) is 7.00. The zero-order valence-corrected chi connectivity index (χ0v) is 21.8. The van der Waals surface area contributed by atoms with Crippen LogP contribution in [0.15, 0.2) is 83.9 Å². The van der Waals surface area contributed by atoms with E-state index in [0.29, 0.717) is 17.9 Å². The summed E-state index contributed by atoms with van der Waals surface area (Å²) in [5, 5.41) is 0.684. The highest BCUT2D eigenvalue weighted by Gasteiger charge is 2.26. The van der Waals surface area contributed by atoms with Crippen molar-refractivity contribution in [3.8, 4) is 5.75 Å². The van der Waals surface area contributed by atoms with Gasteiger partial charge in [0.1, 0.15) is 17.3 Å². The molecule has 0 bridgehead atoms. The van der Waals surface area contributed by atoms with Crippen LogP contribution in [0.25, 0.3) is 10.9 Å². The molecule has 9 heteroatoms. The molecule has 1 N–H and O–H groups in total. The number of thioether (sulfide) groups is 1. The largest absolute Gasteiger partial charge is 0.489 e. The summed E-state index contributed by atoms with van der Waals surface area (Å²) in [6, 6.07) is 22.6. The van der Waals surface area contributed by atoms with E-state index in [4.69, 9.17) is 9.47 Å². The molecule has 1 aliphatic rings. The summed E-state index contributed by atoms with van der Waals surface area (Å²) in [4.78, 5) is 16.3. The third kappa shape index (κ3) is 5.49. The minimum Gasteiger partial charge on any atom is -0.489 e. The smallest absolute Gasteiger partial charge is 0.309 e. The van der Waals surface area contributed by atoms with Gasteiger partial charge in [-0.3, -0.25) is 9.78 Å². The molecule has 1 aliphatic heterocycles. The molecule has 2 heterocycles. The van der Waals surface area contributed by atoms with Crippen LogP contribution in [0, 0.1) is 0 Å². The molecule has 5 rings (SSSR count). The average Bonchev–Trinajstić information content (AvgIpc) is 3.07. The zero-order valence-electron chi connectivity index (χ0n) is 20.2.